The number of hydrogen-bond acceptors (Lipinski definition) is 24. The van der Waals surface area contributed by atoms with E-state index in [2.05, 4.69) is 51.7 Å². The first-order valence-corrected chi connectivity index (χ1v) is 52.4. The fourth-order valence-corrected chi connectivity index (χ4v) is 20.4. The maximum atomic E-state index is 13.5. The van der Waals surface area contributed by atoms with Crippen LogP contribution in [0.5, 0.6) is 0 Å². The number of aliphatic hydroxyl groups excluding tert-OH is 1. The Balaban J connectivity index is 0. The molecule has 6 saturated carbocycles. The Bertz CT molecular complexity index is 4450. The van der Waals surface area contributed by atoms with E-state index in [1.54, 1.807) is 78.2 Å². The topological polar surface area (TPSA) is 472 Å². The molecule has 150 heavy (non-hydrogen) atoms. The lowest BCUT2D eigenvalue weighted by Gasteiger charge is -2.36. The van der Waals surface area contributed by atoms with E-state index >= 15 is 0 Å². The van der Waals surface area contributed by atoms with E-state index < -0.39 is 142 Å². The average Bonchev–Trinajstić information content (AvgIpc) is 1.51. The Kier molecular flexibility index (Phi) is 62.5. The summed E-state index contributed by atoms with van der Waals surface area (Å²) in [5.74, 6) is -8.71. The van der Waals surface area contributed by atoms with Gasteiger partial charge in [0.05, 0.1) is 25.6 Å². The largest absolute Gasteiger partial charge is 0.490 e. The van der Waals surface area contributed by atoms with Crippen LogP contribution in [-0.2, 0) is 77.4 Å². The van der Waals surface area contributed by atoms with Gasteiger partial charge in [0, 0.05) is 106 Å². The van der Waals surface area contributed by atoms with E-state index in [0.717, 1.165) is 71.3 Å². The second-order valence-corrected chi connectivity index (χ2v) is 47.5. The van der Waals surface area contributed by atoms with Crippen molar-refractivity contribution in [3.63, 3.8) is 0 Å². The van der Waals surface area contributed by atoms with Crippen molar-refractivity contribution in [2.45, 2.75) is 315 Å². The van der Waals surface area contributed by atoms with E-state index in [1.165, 1.54) is 55.3 Å². The number of nitrogens with one attached hydrogen (secondary N) is 4. The van der Waals surface area contributed by atoms with Gasteiger partial charge in [-0.1, -0.05) is 114 Å². The molecule has 0 spiro atoms. The quantitative estimate of drug-likeness (QED) is 0.0272. The van der Waals surface area contributed by atoms with Crippen LogP contribution >= 0.6 is 152 Å². The maximum absolute atomic E-state index is 13.5. The molecule has 1 aromatic carbocycles. The van der Waals surface area contributed by atoms with Crippen molar-refractivity contribution in [1.82, 2.24) is 45.8 Å². The number of likely N-dealkylation sites (tertiary alicyclic amines) is 2. The number of piperidine rings is 4. The highest BCUT2D eigenvalue weighted by molar-refractivity contribution is 6.53. The second kappa shape index (κ2) is 64.2. The summed E-state index contributed by atoms with van der Waals surface area (Å²) in [5, 5.41) is 59.3. The molecule has 0 bridgehead atoms. The Morgan fingerprint density at radius 2 is 0.787 bits per heavy atom. The van der Waals surface area contributed by atoms with Gasteiger partial charge >= 0.3 is 84.6 Å². The summed E-state index contributed by atoms with van der Waals surface area (Å²) in [4.78, 5) is 155. The molecular weight excluding hydrogens is 2270 g/mol. The highest BCUT2D eigenvalue weighted by Gasteiger charge is 2.76. The summed E-state index contributed by atoms with van der Waals surface area (Å²) in [6.07, 6.45) is 4.27. The van der Waals surface area contributed by atoms with Gasteiger partial charge in [0.2, 0.25) is 5.91 Å². The summed E-state index contributed by atoms with van der Waals surface area (Å²) in [6, 6.07) is 6.01. The van der Waals surface area contributed by atoms with Crippen LogP contribution in [-0.4, -0.2) is 325 Å². The van der Waals surface area contributed by atoms with Crippen molar-refractivity contribution in [2.75, 3.05) is 85.6 Å². The third kappa shape index (κ3) is 48.6. The number of amides is 6. The standard InChI is InChI=1S/C20H30Cl2N2O5.C13H23NO4.C11H17Cl2NO2.C10H15NO4.C10H17NO2.C7H9Cl2NO2.C7H7Cl.C6H7Cl2NO2.C6H15N.2C2HF3O2.CH2Cl2.CH4O.2ClH/c1-19(2,3)29-18(27)23-14(11-8-6-5-7-9-11)16(25)24-10-12-13(20(12,21)22)15(24)17(26)28-4;1-13(2,3)18-12(17)14-10(11(15)16)9-7-5-4-6-8-9;1-6-8-7(11(8,12)13)5-14(6)9(15)16-10(2,3)4;1-10(2,3)15-9(14)11-6-4-5-7(11)8(12)13;1-8-6-5-7-11(8)9(12)13-10(2,3)4;1-12-6(11)5-4-3(2-10-5)7(4,8)9;8-6-7-4-2-1-3-5-7;7-6(8)2-1-9-4(3(2)6)5(10)11;1-4-7(5-2)6-3;2*3-2(4,5)1(6)7;2-1-3;1-2;;/h11-15H,5-10H2,1-4H3,(H,23,27);9-10H,4-8H2,1-3H3,(H,14,17)(H,15,16);6-8H,5H2,1-4H3;4-5,7H,6H2,1-3H3,(H,12,13);5-6,8H,7H2,1-4H3;3-5,10H,2H2,1H3;1-5H,6H2;2-4,9H,1H2,(H,10,11);4-6H2,1-3H3;2*(H,6,7);1H2;2H,1H3;2*1H/t12-,13-,14-,15-;10-;6-,7+,8-;7-;8-;3-,4-,5-;;2-,3-,4-;;;;;;;/m001010.0......./s1. The van der Waals surface area contributed by atoms with E-state index in [-0.39, 0.29) is 145 Å². The molecule has 6 heterocycles. The highest BCUT2D eigenvalue weighted by atomic mass is 35.5. The number of halogens is 19. The first-order chi connectivity index (χ1) is 67.8. The minimum atomic E-state index is -5.08. The SMILES string of the molecule is CC(C)(C)OC(=O)N1CC=C[C@H]1C(=O)O.CC(C)(C)OC(=O)N[C@H](C(=O)O)C1CCCCC1.CCN(CC)CC.CO.COC(=O)[C@@H]1[C@@H]2[C@H](CN1C(=O)[C@@H](NC(=O)OC(C)(C)C)C1CCCCC1)C2(Cl)Cl.COC(=O)[C@H]1NC[C@H]2[C@@H]1C2(Cl)Cl.C[C@@H]1C=CCN1C(=O)OC(C)(C)C.C[C@@H]1[C@@H]2[C@H](CN1C(=O)OC(C)(C)C)C2(Cl)Cl.Cl.Cl.ClCCl.ClCc1ccccc1.O=C(O)C(F)(F)F.O=C(O)C(F)(F)F.O=C(O)[C@H]1NC[C@H]2[C@@H]1C2(Cl)Cl. The molecule has 13 rings (SSSR count). The zero-order valence-corrected chi connectivity index (χ0v) is 98.2. The highest BCUT2D eigenvalue weighted by Crippen LogP contribution is 2.67. The number of alkyl halides is 17. The normalized spacial score (nSPS) is 24.7. The third-order valence-corrected chi connectivity index (χ3v) is 28.6. The molecule has 868 valence electrons. The molecule has 6 amide bonds. The smallest absolute Gasteiger partial charge is 0.480 e. The number of ether oxygens (including phenoxy) is 7. The van der Waals surface area contributed by atoms with Crippen LogP contribution in [0.2, 0.25) is 0 Å². The molecule has 35 nitrogen and oxygen atoms in total. The molecule has 0 radical (unpaired) electrons. The van der Waals surface area contributed by atoms with Gasteiger partial charge in [-0.25, -0.2) is 47.9 Å². The van der Waals surface area contributed by atoms with Crippen LogP contribution in [0.4, 0.5) is 50.3 Å². The molecular formula is C96H150Cl13F6N9O26. The summed E-state index contributed by atoms with van der Waals surface area (Å²) in [7, 11) is 3.65. The molecule has 10 fully saturated rings. The van der Waals surface area contributed by atoms with Gasteiger partial charge in [0.25, 0.3) is 0 Å². The van der Waals surface area contributed by atoms with Gasteiger partial charge < -0.3 is 99.8 Å². The predicted molar refractivity (Wildman–Crippen MR) is 567 cm³/mol. The van der Waals surface area contributed by atoms with Crippen LogP contribution in [0.15, 0.2) is 54.6 Å². The number of nitrogens with zero attached hydrogens (tertiary/aromatic N) is 5. The van der Waals surface area contributed by atoms with E-state index in [4.69, 9.17) is 191 Å². The van der Waals surface area contributed by atoms with E-state index in [9.17, 15) is 84.2 Å². The number of alkyl carbamates (subject to hydrolysis) is 2. The van der Waals surface area contributed by atoms with E-state index in [1.807, 2.05) is 97.9 Å². The zero-order valence-electron chi connectivity index (χ0n) is 88.3. The number of hydrogen-bond donors (Lipinski definition) is 10. The molecule has 6 aliphatic carbocycles. The number of fused-ring (bicyclic) bond motifs is 4. The third-order valence-electron chi connectivity index (χ3n) is 24.1. The van der Waals surface area contributed by atoms with Crippen molar-refractivity contribution in [3.8, 4) is 0 Å². The van der Waals surface area contributed by atoms with Gasteiger partial charge in [-0.3, -0.25) is 24.2 Å². The lowest BCUT2D eigenvalue weighted by Crippen LogP contribution is -2.57. The number of rotatable bonds is 14. The molecule has 0 unspecified atom stereocenters. The monoisotopic (exact) mass is 2410 g/mol. The fraction of sp³-hybridized carbons (Fsp3) is 0.760. The molecule has 1 aromatic rings. The van der Waals surface area contributed by atoms with Crippen molar-refractivity contribution >= 4 is 231 Å². The summed E-state index contributed by atoms with van der Waals surface area (Å²) in [6.45, 7) is 44.2. The van der Waals surface area contributed by atoms with Crippen LogP contribution in [0.3, 0.4) is 0 Å². The number of carboxylic acids is 5. The van der Waals surface area contributed by atoms with Crippen LogP contribution in [0, 0.1) is 59.2 Å². The van der Waals surface area contributed by atoms with Gasteiger partial charge in [-0.15, -0.1) is 152 Å². The average molecular weight is 2420 g/mol. The number of benzene rings is 1. The number of carboxylic acid groups (broad SMARTS) is 5. The number of carbonyl (C=O) groups excluding carboxylic acids is 8. The maximum Gasteiger partial charge on any atom is 0.490 e. The number of esters is 2. The van der Waals surface area contributed by atoms with Gasteiger partial charge in [0.15, 0.2) is 6.04 Å². The van der Waals surface area contributed by atoms with Crippen molar-refractivity contribution in [3.05, 3.63) is 60.2 Å². The van der Waals surface area contributed by atoms with Crippen LogP contribution in [0.25, 0.3) is 0 Å². The molecule has 4 saturated heterocycles. The Labute approximate surface area is 941 Å². The first-order valence-electron chi connectivity index (χ1n) is 47.8. The molecule has 16 atom stereocenters. The molecule has 6 aliphatic heterocycles. The first kappa shape index (κ1) is 146. The summed E-state index contributed by atoms with van der Waals surface area (Å²) < 4.78 is 96.0. The van der Waals surface area contributed by atoms with Crippen molar-refractivity contribution < 1.29 is 152 Å². The number of methoxy groups -OCH3 is 2. The molecule has 54 heteroatoms. The Morgan fingerprint density at radius 3 is 1.09 bits per heavy atom. The lowest BCUT2D eigenvalue weighted by molar-refractivity contribution is -0.193. The van der Waals surface area contributed by atoms with Crippen molar-refractivity contribution in [2.24, 2.45) is 59.2 Å². The predicted octanol–water partition coefficient (Wildman–Crippen LogP) is 20.2. The number of aliphatic hydroxyl groups is 1. The minimum Gasteiger partial charge on any atom is -0.480 e. The van der Waals surface area contributed by atoms with Crippen molar-refractivity contribution in [1.29, 1.82) is 0 Å². The summed E-state index contributed by atoms with van der Waals surface area (Å²) >= 11 is 63.3. The molecule has 0 aromatic heterocycles. The van der Waals surface area contributed by atoms with Crippen LogP contribution in [0.1, 0.15) is 208 Å². The fourth-order valence-electron chi connectivity index (χ4n) is 16.7. The van der Waals surface area contributed by atoms with E-state index in [0.29, 0.717) is 32.1 Å². The second-order valence-electron chi connectivity index (χ2n) is 40.7. The Morgan fingerprint density at radius 1 is 0.453 bits per heavy atom. The summed E-state index contributed by atoms with van der Waals surface area (Å²) in [5.41, 5.74) is -1.58. The van der Waals surface area contributed by atoms with Gasteiger partial charge in [-0.2, -0.15) is 26.3 Å². The zero-order chi connectivity index (χ0) is 115. The molecule has 12 aliphatic rings. The lowest BCUT2D eigenvalue weighted by atomic mass is 9.83. The molecule has 10 N–H and O–H groups in total. The minimum absolute atomic E-state index is 0. The number of aliphatic carboxylic acids is 5. The Hall–Kier alpha value is -6.00. The van der Waals surface area contributed by atoms with Gasteiger partial charge in [-0.05, 0) is 180 Å². The van der Waals surface area contributed by atoms with Crippen LogP contribution < -0.4 is 21.3 Å². The number of carbonyl (C=O) groups is 13. The van der Waals surface area contributed by atoms with Gasteiger partial charge in [0.1, 0.15) is 75.5 Å².